The molecule has 0 bridgehead atoms. The van der Waals surface area contributed by atoms with Crippen molar-refractivity contribution in [3.8, 4) is 16.3 Å². The summed E-state index contributed by atoms with van der Waals surface area (Å²) >= 11 is 1.62. The fourth-order valence-electron chi connectivity index (χ4n) is 1.41. The minimum atomic E-state index is 0.684. The summed E-state index contributed by atoms with van der Waals surface area (Å²) in [6.07, 6.45) is 0. The van der Waals surface area contributed by atoms with E-state index in [0.29, 0.717) is 6.61 Å². The van der Waals surface area contributed by atoms with Crippen molar-refractivity contribution in [1.82, 2.24) is 4.98 Å². The largest absolute Gasteiger partial charge is 0.494 e. The second kappa shape index (κ2) is 4.99. The molecule has 0 spiro atoms. The van der Waals surface area contributed by atoms with Crippen LogP contribution in [0.25, 0.3) is 10.6 Å². The molecule has 0 saturated carbocycles. The molecule has 0 aliphatic heterocycles. The van der Waals surface area contributed by atoms with E-state index in [0.717, 1.165) is 22.1 Å². The van der Waals surface area contributed by atoms with Crippen molar-refractivity contribution in [3.05, 3.63) is 29.6 Å². The molecule has 16 heavy (non-hydrogen) atoms. The van der Waals surface area contributed by atoms with Crippen LogP contribution >= 0.6 is 11.3 Å². The first-order chi connectivity index (χ1) is 7.83. The van der Waals surface area contributed by atoms with Crippen molar-refractivity contribution in [2.24, 2.45) is 0 Å². The lowest BCUT2D eigenvalue weighted by atomic mass is 10.2. The highest BCUT2D eigenvalue weighted by Gasteiger charge is 2.04. The Morgan fingerprint density at radius 2 is 2.31 bits per heavy atom. The van der Waals surface area contributed by atoms with E-state index in [2.05, 4.69) is 10.3 Å². The normalized spacial score (nSPS) is 10.1. The zero-order valence-corrected chi connectivity index (χ0v) is 10.2. The number of nitrogens with zero attached hydrogens (tertiary/aromatic N) is 1. The van der Waals surface area contributed by atoms with Gasteiger partial charge in [0.2, 0.25) is 0 Å². The number of aromatic nitrogens is 1. The van der Waals surface area contributed by atoms with Gasteiger partial charge in [-0.3, -0.25) is 0 Å². The van der Waals surface area contributed by atoms with Gasteiger partial charge in [-0.25, -0.2) is 4.98 Å². The van der Waals surface area contributed by atoms with Crippen LogP contribution in [0.1, 0.15) is 6.92 Å². The van der Waals surface area contributed by atoms with E-state index in [-0.39, 0.29) is 0 Å². The van der Waals surface area contributed by atoms with Crippen molar-refractivity contribution in [1.29, 1.82) is 0 Å². The topological polar surface area (TPSA) is 34.1 Å². The number of benzene rings is 1. The van der Waals surface area contributed by atoms with Crippen LogP contribution in [0.2, 0.25) is 0 Å². The molecular formula is C12H14N2OS. The first kappa shape index (κ1) is 11.0. The second-order valence-corrected chi connectivity index (χ2v) is 4.11. The highest BCUT2D eigenvalue weighted by molar-refractivity contribution is 7.13. The van der Waals surface area contributed by atoms with Gasteiger partial charge in [-0.15, -0.1) is 11.3 Å². The summed E-state index contributed by atoms with van der Waals surface area (Å²) in [6.45, 7) is 2.66. The molecule has 1 aromatic carbocycles. The zero-order valence-electron chi connectivity index (χ0n) is 9.36. The van der Waals surface area contributed by atoms with E-state index in [1.165, 1.54) is 0 Å². The Bertz CT molecular complexity index is 468. The van der Waals surface area contributed by atoms with Gasteiger partial charge >= 0.3 is 0 Å². The number of nitrogens with one attached hydrogen (secondary N) is 1. The molecule has 1 N–H and O–H groups in total. The standard InChI is InChI=1S/C12H14N2OS/c1-3-15-10-6-4-5-9(7-10)12-14-11(13-2)8-16-12/h4-8,13H,3H2,1-2H3. The Balaban J connectivity index is 2.28. The van der Waals surface area contributed by atoms with E-state index < -0.39 is 0 Å². The highest BCUT2D eigenvalue weighted by Crippen LogP contribution is 2.28. The van der Waals surface area contributed by atoms with Crippen LogP contribution in [0.5, 0.6) is 5.75 Å². The quantitative estimate of drug-likeness (QED) is 0.881. The lowest BCUT2D eigenvalue weighted by Gasteiger charge is -2.03. The van der Waals surface area contributed by atoms with Gasteiger partial charge in [0.25, 0.3) is 0 Å². The molecule has 1 aromatic heterocycles. The van der Waals surface area contributed by atoms with Crippen LogP contribution in [0.4, 0.5) is 5.82 Å². The second-order valence-electron chi connectivity index (χ2n) is 3.25. The maximum absolute atomic E-state index is 5.46. The average molecular weight is 234 g/mol. The van der Waals surface area contributed by atoms with Crippen molar-refractivity contribution < 1.29 is 4.74 Å². The Labute approximate surface area is 99.1 Å². The smallest absolute Gasteiger partial charge is 0.137 e. The minimum Gasteiger partial charge on any atom is -0.494 e. The van der Waals surface area contributed by atoms with Crippen LogP contribution in [0.15, 0.2) is 29.6 Å². The molecule has 0 radical (unpaired) electrons. The van der Waals surface area contributed by atoms with Crippen molar-refractivity contribution in [2.75, 3.05) is 19.0 Å². The molecule has 0 aliphatic carbocycles. The highest BCUT2D eigenvalue weighted by atomic mass is 32.1. The summed E-state index contributed by atoms with van der Waals surface area (Å²) in [4.78, 5) is 4.45. The van der Waals surface area contributed by atoms with Gasteiger partial charge in [0, 0.05) is 18.0 Å². The predicted molar refractivity (Wildman–Crippen MR) is 68.3 cm³/mol. The van der Waals surface area contributed by atoms with Gasteiger partial charge in [0.1, 0.15) is 16.6 Å². The lowest BCUT2D eigenvalue weighted by Crippen LogP contribution is -1.91. The van der Waals surface area contributed by atoms with Gasteiger partial charge in [0.15, 0.2) is 0 Å². The van der Waals surface area contributed by atoms with E-state index in [4.69, 9.17) is 4.74 Å². The number of rotatable bonds is 4. The third-order valence-corrected chi connectivity index (χ3v) is 3.04. The van der Waals surface area contributed by atoms with E-state index >= 15 is 0 Å². The molecule has 3 nitrogen and oxygen atoms in total. The molecule has 2 aromatic rings. The number of ether oxygens (including phenoxy) is 1. The summed E-state index contributed by atoms with van der Waals surface area (Å²) in [5.74, 6) is 1.79. The maximum atomic E-state index is 5.46. The van der Waals surface area contributed by atoms with Gasteiger partial charge in [-0.05, 0) is 19.1 Å². The van der Waals surface area contributed by atoms with Gasteiger partial charge in [0.05, 0.1) is 6.61 Å². The average Bonchev–Trinajstić information content (AvgIpc) is 2.78. The molecule has 0 amide bonds. The molecular weight excluding hydrogens is 220 g/mol. The Morgan fingerprint density at radius 3 is 3.00 bits per heavy atom. The van der Waals surface area contributed by atoms with Crippen LogP contribution in [0.3, 0.4) is 0 Å². The molecule has 0 fully saturated rings. The van der Waals surface area contributed by atoms with Crippen molar-refractivity contribution in [2.45, 2.75) is 6.92 Å². The first-order valence-electron chi connectivity index (χ1n) is 5.20. The van der Waals surface area contributed by atoms with Crippen molar-refractivity contribution in [3.63, 3.8) is 0 Å². The van der Waals surface area contributed by atoms with Gasteiger partial charge < -0.3 is 10.1 Å². The van der Waals surface area contributed by atoms with Gasteiger partial charge in [-0.1, -0.05) is 12.1 Å². The summed E-state index contributed by atoms with van der Waals surface area (Å²) in [5, 5.41) is 6.03. The Kier molecular flexibility index (Phi) is 3.41. The summed E-state index contributed by atoms with van der Waals surface area (Å²) < 4.78 is 5.46. The molecule has 0 unspecified atom stereocenters. The zero-order chi connectivity index (χ0) is 11.4. The fraction of sp³-hybridized carbons (Fsp3) is 0.250. The predicted octanol–water partition coefficient (Wildman–Crippen LogP) is 3.25. The van der Waals surface area contributed by atoms with E-state index in [9.17, 15) is 0 Å². The molecule has 0 saturated heterocycles. The minimum absolute atomic E-state index is 0.684. The van der Waals surface area contributed by atoms with Crippen LogP contribution < -0.4 is 10.1 Å². The molecule has 2 rings (SSSR count). The third kappa shape index (κ3) is 2.33. The fourth-order valence-corrected chi connectivity index (χ4v) is 2.21. The number of hydrogen-bond donors (Lipinski definition) is 1. The first-order valence-corrected chi connectivity index (χ1v) is 6.08. The van der Waals surface area contributed by atoms with Crippen LogP contribution in [0, 0.1) is 0 Å². The van der Waals surface area contributed by atoms with Crippen LogP contribution in [-0.2, 0) is 0 Å². The third-order valence-electron chi connectivity index (χ3n) is 2.15. The molecule has 1 heterocycles. The molecule has 0 atom stereocenters. The molecule has 84 valence electrons. The Hall–Kier alpha value is -1.55. The molecule has 0 aliphatic rings. The number of thiazole rings is 1. The van der Waals surface area contributed by atoms with Crippen LogP contribution in [-0.4, -0.2) is 18.6 Å². The number of hydrogen-bond acceptors (Lipinski definition) is 4. The number of anilines is 1. The van der Waals surface area contributed by atoms with E-state index in [1.807, 2.05) is 43.6 Å². The van der Waals surface area contributed by atoms with Crippen molar-refractivity contribution >= 4 is 17.2 Å². The van der Waals surface area contributed by atoms with E-state index in [1.54, 1.807) is 11.3 Å². The summed E-state index contributed by atoms with van der Waals surface area (Å²) in [7, 11) is 1.87. The maximum Gasteiger partial charge on any atom is 0.137 e. The molecule has 4 heteroatoms. The summed E-state index contributed by atoms with van der Waals surface area (Å²) in [6, 6.07) is 8.00. The lowest BCUT2D eigenvalue weighted by molar-refractivity contribution is 0.340. The monoisotopic (exact) mass is 234 g/mol. The summed E-state index contributed by atoms with van der Waals surface area (Å²) in [5.41, 5.74) is 1.09. The SMILES string of the molecule is CCOc1cccc(-c2nc(NC)cs2)c1. The van der Waals surface area contributed by atoms with Gasteiger partial charge in [-0.2, -0.15) is 0 Å². The Morgan fingerprint density at radius 1 is 1.44 bits per heavy atom.